The van der Waals surface area contributed by atoms with Crippen molar-refractivity contribution in [3.63, 3.8) is 0 Å². The molecule has 20 rings (SSSR count). The molecule has 0 N–H and O–H groups in total. The van der Waals surface area contributed by atoms with Crippen LogP contribution in [-0.2, 0) is 91.3 Å². The van der Waals surface area contributed by atoms with Crippen molar-refractivity contribution < 1.29 is 80.4 Å². The van der Waals surface area contributed by atoms with Crippen LogP contribution in [0.4, 0.5) is 34.1 Å². The van der Waals surface area contributed by atoms with Gasteiger partial charge >= 0.3 is 0 Å². The Kier molecular flexibility index (Phi) is 25.7. The Hall–Kier alpha value is -9.68. The average molecular weight is 2290 g/mol. The number of nitrogens with zero attached hydrogens (tertiary/aromatic N) is 12. The van der Waals surface area contributed by atoms with Crippen molar-refractivity contribution in [1.82, 2.24) is 10.0 Å². The molecule has 8 aliphatic heterocycles. The molecule has 16 heteroatoms. The van der Waals surface area contributed by atoms with Gasteiger partial charge in [-0.25, -0.2) is 0 Å². The predicted molar refractivity (Wildman–Crippen MR) is 484 cm³/mol. The summed E-state index contributed by atoms with van der Waals surface area (Å²) in [5, 5.41) is 27.5. The molecule has 0 saturated carbocycles. The van der Waals surface area contributed by atoms with Crippen LogP contribution < -0.4 is 29.6 Å². The molecule has 12 aromatic carbocycles. The van der Waals surface area contributed by atoms with Crippen molar-refractivity contribution >= 4 is 57.5 Å². The fourth-order valence-corrected chi connectivity index (χ4v) is 16.8. The van der Waals surface area contributed by atoms with Gasteiger partial charge < -0.3 is 39.6 Å². The maximum atomic E-state index is 5.07. The quantitative estimate of drug-likeness (QED) is 0.146. The Bertz CT molecular complexity index is 5980. The maximum absolute atomic E-state index is 5.07. The van der Waals surface area contributed by atoms with Crippen LogP contribution in [0.2, 0.25) is 0 Å². The van der Waals surface area contributed by atoms with E-state index < -0.39 is 0 Å². The molecule has 0 bridgehead atoms. The summed E-state index contributed by atoms with van der Waals surface area (Å²) in [6.45, 7) is 48.2. The normalized spacial score (nSPS) is 14.3. The number of amidine groups is 4. The van der Waals surface area contributed by atoms with E-state index in [9.17, 15) is 0 Å². The molecule has 8 aliphatic rings. The van der Waals surface area contributed by atoms with E-state index in [-0.39, 0.29) is 91.3 Å². The van der Waals surface area contributed by atoms with Crippen LogP contribution in [0, 0.1) is 92.5 Å². The van der Waals surface area contributed by atoms with Crippen LogP contribution in [0.5, 0.6) is 0 Å². The summed E-state index contributed by atoms with van der Waals surface area (Å²) in [6.07, 6.45) is 0. The van der Waals surface area contributed by atoms with Crippen molar-refractivity contribution in [3.8, 4) is 66.8 Å². The molecular weight excluding hydrogens is 2190 g/mol. The van der Waals surface area contributed by atoms with Gasteiger partial charge in [0.25, 0.3) is 0 Å². The van der Waals surface area contributed by atoms with Crippen molar-refractivity contribution in [3.05, 3.63) is 347 Å². The number of hydrogen-bond acceptors (Lipinski definition) is 12. The van der Waals surface area contributed by atoms with Gasteiger partial charge in [0.2, 0.25) is 0 Å². The molecule has 0 fully saturated rings. The zero-order valence-electron chi connectivity index (χ0n) is 71.5. The third kappa shape index (κ3) is 16.3. The summed E-state index contributed by atoms with van der Waals surface area (Å²) in [7, 11) is 1.96. The second-order valence-corrected chi connectivity index (χ2v) is 34.6. The van der Waals surface area contributed by atoms with E-state index in [1.165, 1.54) is 139 Å². The second kappa shape index (κ2) is 35.0. The molecule has 0 unspecified atom stereocenters. The van der Waals surface area contributed by atoms with E-state index >= 15 is 0 Å². The minimum Gasteiger partial charge on any atom is -0.476 e. The molecule has 0 spiro atoms. The number of rotatable bonds is 7. The Balaban J connectivity index is 0.000000139. The van der Waals surface area contributed by atoms with Crippen molar-refractivity contribution in [2.45, 2.75) is 153 Å². The number of benzene rings is 12. The van der Waals surface area contributed by atoms with Gasteiger partial charge in [0, 0.05) is 120 Å². The molecular formula is C104H100Ir4N12-8. The largest absolute Gasteiger partial charge is 0.476 e. The van der Waals surface area contributed by atoms with Crippen LogP contribution in [0.1, 0.15) is 173 Å². The van der Waals surface area contributed by atoms with Crippen molar-refractivity contribution in [2.24, 2.45) is 20.4 Å². The molecule has 8 heterocycles. The van der Waals surface area contributed by atoms with Crippen LogP contribution in [0.3, 0.4) is 0 Å². The first-order valence-corrected chi connectivity index (χ1v) is 40.6. The Labute approximate surface area is 765 Å². The van der Waals surface area contributed by atoms with Gasteiger partial charge in [-0.15, -0.1) is 54.5 Å². The molecule has 0 amide bonds. The molecule has 0 saturated heterocycles. The van der Waals surface area contributed by atoms with Gasteiger partial charge in [-0.1, -0.05) is 260 Å². The summed E-state index contributed by atoms with van der Waals surface area (Å²) >= 11 is 0. The predicted octanol–water partition coefficient (Wildman–Crippen LogP) is 24.7. The summed E-state index contributed by atoms with van der Waals surface area (Å²) < 4.78 is 0. The summed E-state index contributed by atoms with van der Waals surface area (Å²) in [6, 6.07) is 92.3. The first kappa shape index (κ1) is 88.1. The summed E-state index contributed by atoms with van der Waals surface area (Å²) in [4.78, 5) is 8.66. The van der Waals surface area contributed by atoms with Crippen LogP contribution in [-0.4, -0.2) is 46.4 Å². The first-order valence-electron chi connectivity index (χ1n) is 40.6. The first-order chi connectivity index (χ1) is 55.6. The van der Waals surface area contributed by atoms with Gasteiger partial charge in [0.05, 0.1) is 0 Å². The number of aryl methyl sites for hydroxylation is 6. The van der Waals surface area contributed by atoms with E-state index in [1.807, 2.05) is 70.2 Å². The standard InChI is InChI=1S/C33H31N3.C28H21N3.C25H31N3.C18H17N3.4Ir/c1-21(2)26-10-8-11-27(22(3)4)32(26)24-15-18-29-30(19-24)28-9-6-7-12-31(28)35-20-36(34-33(29)35)25-16-13-23(5)14-17-25;1-19-10-8-11-20(2)26(19)24-16-9-15-23-22-14-6-7-17-25(22)30-18-31(29-28(30)27(23)24)21-12-4-3-5-13-21;1-16(2)28-15-27-22-12-10-18(25(6,7)8)14-21(22)20-13-17(24(3,4)5)9-11-19(20)23(27)26-28;1-11-5-6-17-15(7-11)14-8-12(2)13(3)9-16(14)18-19-20(4)10-21(17)18;;;;/h6-11,13-22H,1-5H3;3-16,18H,1-2H3;9-11,13-16H,1-8H3;5,7-10H,1-4H3;;;;/q4*-2;;;;. The van der Waals surface area contributed by atoms with Crippen LogP contribution in [0.25, 0.3) is 66.8 Å². The summed E-state index contributed by atoms with van der Waals surface area (Å²) in [5.74, 6) is 4.76. The Morgan fingerprint density at radius 2 is 0.800 bits per heavy atom. The van der Waals surface area contributed by atoms with Gasteiger partial charge in [-0.2, -0.15) is 111 Å². The van der Waals surface area contributed by atoms with Crippen molar-refractivity contribution in [1.29, 1.82) is 0 Å². The van der Waals surface area contributed by atoms with Crippen LogP contribution >= 0.6 is 0 Å². The molecule has 0 atom stereocenters. The minimum atomic E-state index is 0. The third-order valence-electron chi connectivity index (χ3n) is 23.2. The zero-order chi connectivity index (χ0) is 81.1. The summed E-state index contributed by atoms with van der Waals surface area (Å²) in [5.41, 5.74) is 39.2. The minimum absolute atomic E-state index is 0. The van der Waals surface area contributed by atoms with E-state index in [0.717, 1.165) is 63.0 Å². The number of fused-ring (bicyclic) bond motifs is 24. The van der Waals surface area contributed by atoms with Gasteiger partial charge in [-0.05, 0) is 164 Å². The van der Waals surface area contributed by atoms with Gasteiger partial charge in [-0.3, -0.25) is 0 Å². The SMILES string of the molecule is CC(C)N1[CH-]N2C(=N1)c1ccc(C(C)(C)C)cc1-c1cc(C(C)(C)C)c[c-]c12.Cc1c[c-]c2c(c1)-c1cc(C)c(C)cc1C1=NN(C)[CH-]N12.Cc1ccc(N2[CH-]N3C(=N2)c2ccc(-c4c(C(C)C)cccc4C(C)C)cc2-c2ccc[c-]c23)cc1.Cc1cccc(C)c1-c1cccc2c1C1=NN(c3ccccc3)[CH-]N1c1[c-]cccc1-2.[Ir].[Ir].[Ir].[Ir]. The number of hydrogen-bond donors (Lipinski definition) is 0. The molecule has 4 radical (unpaired) electrons. The zero-order valence-corrected chi connectivity index (χ0v) is 81.1. The van der Waals surface area contributed by atoms with E-state index in [2.05, 4.69) is 376 Å². The molecule has 0 aliphatic carbocycles. The van der Waals surface area contributed by atoms with E-state index in [0.29, 0.717) is 17.9 Å². The number of hydrazone groups is 4. The van der Waals surface area contributed by atoms with Gasteiger partial charge in [0.15, 0.2) is 0 Å². The monoisotopic (exact) mass is 2290 g/mol. The second-order valence-electron chi connectivity index (χ2n) is 34.6. The van der Waals surface area contributed by atoms with Crippen molar-refractivity contribution in [2.75, 3.05) is 36.7 Å². The van der Waals surface area contributed by atoms with E-state index in [4.69, 9.17) is 15.3 Å². The fraction of sp³-hybridized carbons (Fsp3) is 0.231. The Morgan fingerprint density at radius 1 is 0.325 bits per heavy atom. The topological polar surface area (TPSA) is 75.4 Å². The third-order valence-corrected chi connectivity index (χ3v) is 23.2. The maximum Gasteiger partial charge on any atom is 0.128 e. The molecule has 0 aromatic heterocycles. The fourth-order valence-electron chi connectivity index (χ4n) is 16.8. The number of anilines is 6. The molecule has 620 valence electrons. The van der Waals surface area contributed by atoms with Crippen LogP contribution in [0.15, 0.2) is 239 Å². The van der Waals surface area contributed by atoms with Gasteiger partial charge in [0.1, 0.15) is 23.3 Å². The molecule has 12 aromatic rings. The smallest absolute Gasteiger partial charge is 0.128 e. The molecule has 12 nitrogen and oxygen atoms in total. The molecule has 120 heavy (non-hydrogen) atoms. The Morgan fingerprint density at radius 3 is 1.42 bits per heavy atom. The number of para-hydroxylation sites is 3. The average Bonchev–Trinajstić information content (AvgIpc) is 1.61. The van der Waals surface area contributed by atoms with E-state index in [1.54, 1.807) is 0 Å².